The number of piperidine rings is 1. The molecular weight excluding hydrogens is 186 g/mol. The summed E-state index contributed by atoms with van der Waals surface area (Å²) >= 11 is 0. The molecule has 14 heavy (non-hydrogen) atoms. The maximum absolute atomic E-state index is 11.3. The molecule has 0 aliphatic carbocycles. The summed E-state index contributed by atoms with van der Waals surface area (Å²) in [5.74, 6) is 0. The number of aliphatic hydroxyl groups excluding tert-OH is 1. The standard InChI is InChI=1S/C9H17NO4/c1-2-14-8(12)10-5-3-4-9(13,6-10)7-11/h11,13H,2-7H2,1H3. The molecule has 82 valence electrons. The highest BCUT2D eigenvalue weighted by Crippen LogP contribution is 2.20. The Morgan fingerprint density at radius 1 is 1.64 bits per heavy atom. The fourth-order valence-electron chi connectivity index (χ4n) is 1.61. The van der Waals surface area contributed by atoms with Gasteiger partial charge in [0.2, 0.25) is 0 Å². The topological polar surface area (TPSA) is 70.0 Å². The van der Waals surface area contributed by atoms with Crippen LogP contribution in [0.5, 0.6) is 0 Å². The second kappa shape index (κ2) is 4.61. The molecule has 1 aliphatic heterocycles. The molecule has 1 heterocycles. The molecule has 0 aromatic rings. The first kappa shape index (κ1) is 11.3. The molecule has 5 nitrogen and oxygen atoms in total. The number of β-amino-alcohol motifs (C(OH)–C–C–N with tert-alkyl or cyclic N) is 1. The SMILES string of the molecule is CCOC(=O)N1CCCC(O)(CO)C1. The third-order valence-electron chi connectivity index (χ3n) is 2.38. The number of aliphatic hydroxyl groups is 2. The van der Waals surface area contributed by atoms with Gasteiger partial charge in [-0.3, -0.25) is 0 Å². The molecule has 2 N–H and O–H groups in total. The molecule has 1 atom stereocenters. The van der Waals surface area contributed by atoms with Gasteiger partial charge in [0, 0.05) is 6.54 Å². The molecule has 0 aromatic carbocycles. The van der Waals surface area contributed by atoms with Crippen LogP contribution in [0.4, 0.5) is 4.79 Å². The molecule has 5 heteroatoms. The van der Waals surface area contributed by atoms with Gasteiger partial charge in [-0.25, -0.2) is 4.79 Å². The van der Waals surface area contributed by atoms with Crippen LogP contribution in [0.2, 0.25) is 0 Å². The van der Waals surface area contributed by atoms with Gasteiger partial charge < -0.3 is 19.8 Å². The van der Waals surface area contributed by atoms with Crippen molar-refractivity contribution in [1.29, 1.82) is 0 Å². The van der Waals surface area contributed by atoms with E-state index < -0.39 is 11.7 Å². The predicted octanol–water partition coefficient (Wildman–Crippen LogP) is -0.0379. The number of rotatable bonds is 2. The molecule has 1 unspecified atom stereocenters. The summed E-state index contributed by atoms with van der Waals surface area (Å²) in [6.45, 7) is 2.49. The molecule has 0 bridgehead atoms. The van der Waals surface area contributed by atoms with Crippen molar-refractivity contribution < 1.29 is 19.7 Å². The lowest BCUT2D eigenvalue weighted by Crippen LogP contribution is -2.52. The zero-order valence-corrected chi connectivity index (χ0v) is 8.40. The smallest absolute Gasteiger partial charge is 0.409 e. The van der Waals surface area contributed by atoms with Gasteiger partial charge in [0.25, 0.3) is 0 Å². The molecule has 1 aliphatic rings. The maximum atomic E-state index is 11.3. The number of carbonyl (C=O) groups excluding carboxylic acids is 1. The molecule has 1 rings (SSSR count). The van der Waals surface area contributed by atoms with E-state index in [1.807, 2.05) is 0 Å². The van der Waals surface area contributed by atoms with E-state index in [0.29, 0.717) is 26.0 Å². The van der Waals surface area contributed by atoms with Gasteiger partial charge in [0.1, 0.15) is 5.60 Å². The number of nitrogens with zero attached hydrogens (tertiary/aromatic N) is 1. The van der Waals surface area contributed by atoms with Gasteiger partial charge in [0.15, 0.2) is 0 Å². The van der Waals surface area contributed by atoms with Crippen molar-refractivity contribution in [3.8, 4) is 0 Å². The highest BCUT2D eigenvalue weighted by atomic mass is 16.6. The van der Waals surface area contributed by atoms with Gasteiger partial charge in [-0.05, 0) is 19.8 Å². The van der Waals surface area contributed by atoms with Crippen LogP contribution in [-0.4, -0.2) is 53.1 Å². The summed E-state index contributed by atoms with van der Waals surface area (Å²) < 4.78 is 4.81. The Morgan fingerprint density at radius 2 is 2.36 bits per heavy atom. The normalized spacial score (nSPS) is 27.5. The number of amides is 1. The average molecular weight is 203 g/mol. The number of hydrogen-bond donors (Lipinski definition) is 2. The lowest BCUT2D eigenvalue weighted by molar-refractivity contribution is -0.0634. The highest BCUT2D eigenvalue weighted by Gasteiger charge is 2.35. The zero-order valence-electron chi connectivity index (χ0n) is 8.40. The average Bonchev–Trinajstić information content (AvgIpc) is 2.18. The Bertz CT molecular complexity index is 209. The zero-order chi connectivity index (χ0) is 10.6. The van der Waals surface area contributed by atoms with Crippen molar-refractivity contribution in [2.75, 3.05) is 26.3 Å². The summed E-state index contributed by atoms with van der Waals surface area (Å²) in [6, 6.07) is 0. The second-order valence-electron chi connectivity index (χ2n) is 3.61. The van der Waals surface area contributed by atoms with E-state index >= 15 is 0 Å². The van der Waals surface area contributed by atoms with Crippen molar-refractivity contribution in [3.05, 3.63) is 0 Å². The van der Waals surface area contributed by atoms with Crippen LogP contribution in [0.25, 0.3) is 0 Å². The first-order valence-corrected chi connectivity index (χ1v) is 4.86. The van der Waals surface area contributed by atoms with Gasteiger partial charge in [0.05, 0.1) is 19.8 Å². The summed E-state index contributed by atoms with van der Waals surface area (Å²) in [4.78, 5) is 12.7. The number of likely N-dealkylation sites (tertiary alicyclic amines) is 1. The molecule has 1 amide bonds. The summed E-state index contributed by atoms with van der Waals surface area (Å²) in [7, 11) is 0. The van der Waals surface area contributed by atoms with Gasteiger partial charge >= 0.3 is 6.09 Å². The van der Waals surface area contributed by atoms with Gasteiger partial charge in [-0.2, -0.15) is 0 Å². The molecule has 1 saturated heterocycles. The Balaban J connectivity index is 2.51. The van der Waals surface area contributed by atoms with Crippen molar-refractivity contribution in [1.82, 2.24) is 4.90 Å². The number of ether oxygens (including phenoxy) is 1. The van der Waals surface area contributed by atoms with Crippen molar-refractivity contribution in [2.24, 2.45) is 0 Å². The van der Waals surface area contributed by atoms with E-state index in [9.17, 15) is 9.90 Å². The van der Waals surface area contributed by atoms with E-state index in [1.165, 1.54) is 4.90 Å². The Kier molecular flexibility index (Phi) is 3.71. The Labute approximate surface area is 83.3 Å². The van der Waals surface area contributed by atoms with Crippen molar-refractivity contribution >= 4 is 6.09 Å². The number of carbonyl (C=O) groups is 1. The summed E-state index contributed by atoms with van der Waals surface area (Å²) in [6.07, 6.45) is 0.800. The second-order valence-corrected chi connectivity index (χ2v) is 3.61. The highest BCUT2D eigenvalue weighted by molar-refractivity contribution is 5.67. The largest absolute Gasteiger partial charge is 0.450 e. The van der Waals surface area contributed by atoms with E-state index in [-0.39, 0.29) is 13.2 Å². The van der Waals surface area contributed by atoms with Crippen LogP contribution in [0.1, 0.15) is 19.8 Å². The minimum Gasteiger partial charge on any atom is -0.450 e. The van der Waals surface area contributed by atoms with E-state index in [1.54, 1.807) is 6.92 Å². The molecular formula is C9H17NO4. The van der Waals surface area contributed by atoms with Gasteiger partial charge in [-0.1, -0.05) is 0 Å². The maximum Gasteiger partial charge on any atom is 0.409 e. The molecule has 0 spiro atoms. The molecule has 1 fully saturated rings. The van der Waals surface area contributed by atoms with Crippen LogP contribution < -0.4 is 0 Å². The first-order chi connectivity index (χ1) is 6.61. The van der Waals surface area contributed by atoms with Crippen LogP contribution in [0.15, 0.2) is 0 Å². The molecule has 0 saturated carbocycles. The van der Waals surface area contributed by atoms with E-state index in [4.69, 9.17) is 9.84 Å². The lowest BCUT2D eigenvalue weighted by atomic mass is 9.94. The fraction of sp³-hybridized carbons (Fsp3) is 0.889. The monoisotopic (exact) mass is 203 g/mol. The first-order valence-electron chi connectivity index (χ1n) is 4.86. The summed E-state index contributed by atoms with van der Waals surface area (Å²) in [5.41, 5.74) is -1.15. The van der Waals surface area contributed by atoms with Crippen LogP contribution in [0, 0.1) is 0 Å². The minimum atomic E-state index is -1.15. The molecule has 0 radical (unpaired) electrons. The fourth-order valence-corrected chi connectivity index (χ4v) is 1.61. The van der Waals surface area contributed by atoms with Crippen molar-refractivity contribution in [3.63, 3.8) is 0 Å². The third-order valence-corrected chi connectivity index (χ3v) is 2.38. The predicted molar refractivity (Wildman–Crippen MR) is 49.9 cm³/mol. The summed E-state index contributed by atoms with van der Waals surface area (Å²) in [5, 5.41) is 18.7. The van der Waals surface area contributed by atoms with Crippen LogP contribution in [0.3, 0.4) is 0 Å². The number of hydrogen-bond acceptors (Lipinski definition) is 4. The molecule has 0 aromatic heterocycles. The lowest BCUT2D eigenvalue weighted by Gasteiger charge is -2.37. The minimum absolute atomic E-state index is 0.155. The Hall–Kier alpha value is -0.810. The van der Waals surface area contributed by atoms with Crippen molar-refractivity contribution in [2.45, 2.75) is 25.4 Å². The third kappa shape index (κ3) is 2.59. The van der Waals surface area contributed by atoms with Gasteiger partial charge in [-0.15, -0.1) is 0 Å². The Morgan fingerprint density at radius 3 is 2.93 bits per heavy atom. The quantitative estimate of drug-likeness (QED) is 0.660. The van der Waals surface area contributed by atoms with E-state index in [2.05, 4.69) is 0 Å². The van der Waals surface area contributed by atoms with Crippen LogP contribution >= 0.6 is 0 Å². The van der Waals surface area contributed by atoms with Crippen LogP contribution in [-0.2, 0) is 4.74 Å². The van der Waals surface area contributed by atoms with E-state index in [0.717, 1.165) is 0 Å².